The van der Waals surface area contributed by atoms with Crippen LogP contribution in [-0.2, 0) is 0 Å². The summed E-state index contributed by atoms with van der Waals surface area (Å²) in [6.45, 7) is 0. The van der Waals surface area contributed by atoms with Gasteiger partial charge in [0.1, 0.15) is 0 Å². The van der Waals surface area contributed by atoms with E-state index in [1.54, 1.807) is 12.1 Å². The molecule has 3 heteroatoms. The molecular weight excluding hydrogens is 144 g/mol. The normalized spacial score (nSPS) is 6.67. The third-order valence-electron chi connectivity index (χ3n) is 0.743. The van der Waals surface area contributed by atoms with Crippen LogP contribution >= 0.6 is 0 Å². The summed E-state index contributed by atoms with van der Waals surface area (Å²) >= 11 is 0. The van der Waals surface area contributed by atoms with Crippen LogP contribution in [0.3, 0.4) is 0 Å². The molecule has 0 heterocycles. The number of rotatable bonds is 0. The fourth-order valence-electron chi connectivity index (χ4n) is 0.420. The molecule has 0 saturated carbocycles. The van der Waals surface area contributed by atoms with Crippen molar-refractivity contribution >= 4 is 37.7 Å². The first-order valence-corrected chi connectivity index (χ1v) is 2.11. The van der Waals surface area contributed by atoms with Crippen LogP contribution in [0.5, 0.6) is 5.75 Å². The van der Waals surface area contributed by atoms with E-state index in [1.807, 2.05) is 6.07 Å². The number of hydrogen-bond donors (Lipinski definition) is 0. The van der Waals surface area contributed by atoms with Crippen LogP contribution in [0.1, 0.15) is 0 Å². The average Bonchev–Trinajstić information content (AvgIpc) is 1.69. The van der Waals surface area contributed by atoms with E-state index in [9.17, 15) is 5.11 Å². The van der Waals surface area contributed by atoms with E-state index in [2.05, 4.69) is 0 Å². The summed E-state index contributed by atoms with van der Waals surface area (Å²) in [6.07, 6.45) is 0. The SMILES string of the molecule is [Ca+2].[O-]c1ccccc1.[OH-]. The molecule has 0 aromatic heterocycles. The van der Waals surface area contributed by atoms with Gasteiger partial charge in [-0.15, -0.1) is 5.75 Å². The van der Waals surface area contributed by atoms with Gasteiger partial charge in [0, 0.05) is 0 Å². The van der Waals surface area contributed by atoms with Crippen molar-refractivity contribution in [2.75, 3.05) is 0 Å². The van der Waals surface area contributed by atoms with Crippen molar-refractivity contribution in [1.29, 1.82) is 0 Å². The second-order valence-electron chi connectivity index (χ2n) is 1.31. The zero-order valence-electron chi connectivity index (χ0n) is 4.95. The summed E-state index contributed by atoms with van der Waals surface area (Å²) in [6, 6.07) is 8.33. The zero-order valence-corrected chi connectivity index (χ0v) is 7.16. The van der Waals surface area contributed by atoms with Gasteiger partial charge in [-0.1, -0.05) is 30.3 Å². The van der Waals surface area contributed by atoms with E-state index >= 15 is 0 Å². The molecule has 1 rings (SSSR count). The Morgan fingerprint density at radius 2 is 1.44 bits per heavy atom. The summed E-state index contributed by atoms with van der Waals surface area (Å²) in [7, 11) is 0. The topological polar surface area (TPSA) is 53.1 Å². The molecule has 0 saturated heterocycles. The third-order valence-corrected chi connectivity index (χ3v) is 0.743. The van der Waals surface area contributed by atoms with E-state index in [4.69, 9.17) is 0 Å². The van der Waals surface area contributed by atoms with E-state index in [0.717, 1.165) is 0 Å². The predicted octanol–water partition coefficient (Wildman–Crippen LogP) is 0.203. The Morgan fingerprint density at radius 3 is 1.67 bits per heavy atom. The standard InChI is InChI=1S/C6H6O.Ca.H2O/c7-6-4-2-1-3-5-6;;/h1-5,7H;;1H2/q;+2;/p-2. The molecule has 0 bridgehead atoms. The van der Waals surface area contributed by atoms with Gasteiger partial charge in [0.15, 0.2) is 0 Å². The van der Waals surface area contributed by atoms with Crippen LogP contribution < -0.4 is 5.11 Å². The van der Waals surface area contributed by atoms with E-state index in [-0.39, 0.29) is 49.0 Å². The van der Waals surface area contributed by atoms with Crippen molar-refractivity contribution in [2.24, 2.45) is 0 Å². The van der Waals surface area contributed by atoms with Gasteiger partial charge in [0.25, 0.3) is 0 Å². The predicted molar refractivity (Wildman–Crippen MR) is 33.6 cm³/mol. The van der Waals surface area contributed by atoms with Crippen LogP contribution in [0, 0.1) is 0 Å². The van der Waals surface area contributed by atoms with Gasteiger partial charge in [0.05, 0.1) is 0 Å². The minimum atomic E-state index is 0. The Morgan fingerprint density at radius 1 is 1.00 bits per heavy atom. The first-order chi connectivity index (χ1) is 3.39. The maximum atomic E-state index is 10.3. The average molecular weight is 150 g/mol. The van der Waals surface area contributed by atoms with E-state index in [1.165, 1.54) is 12.1 Å². The van der Waals surface area contributed by atoms with E-state index < -0.39 is 0 Å². The maximum Gasteiger partial charge on any atom is 2.00 e. The Kier molecular flexibility index (Phi) is 8.46. The Labute approximate surface area is 83.8 Å². The van der Waals surface area contributed by atoms with Crippen LogP contribution in [0.15, 0.2) is 30.3 Å². The van der Waals surface area contributed by atoms with Crippen molar-refractivity contribution in [2.45, 2.75) is 0 Å². The fourth-order valence-corrected chi connectivity index (χ4v) is 0.420. The van der Waals surface area contributed by atoms with Crippen molar-refractivity contribution in [1.82, 2.24) is 0 Å². The summed E-state index contributed by atoms with van der Waals surface area (Å²) in [5.41, 5.74) is 0. The third kappa shape index (κ3) is 4.73. The minimum absolute atomic E-state index is 0. The summed E-state index contributed by atoms with van der Waals surface area (Å²) in [5.74, 6) is 0.0718. The van der Waals surface area contributed by atoms with Gasteiger partial charge in [-0.3, -0.25) is 0 Å². The van der Waals surface area contributed by atoms with Gasteiger partial charge in [-0.25, -0.2) is 0 Å². The monoisotopic (exact) mass is 150 g/mol. The van der Waals surface area contributed by atoms with Gasteiger partial charge in [-0.05, 0) is 0 Å². The molecule has 0 amide bonds. The van der Waals surface area contributed by atoms with Crippen LogP contribution in [-0.4, -0.2) is 43.2 Å². The van der Waals surface area contributed by atoms with E-state index in [0.29, 0.717) is 0 Å². The number of benzene rings is 1. The van der Waals surface area contributed by atoms with Gasteiger partial charge in [0.2, 0.25) is 0 Å². The first-order valence-electron chi connectivity index (χ1n) is 2.11. The number of hydrogen-bond acceptors (Lipinski definition) is 2. The molecule has 1 N–H and O–H groups in total. The summed E-state index contributed by atoms with van der Waals surface area (Å²) < 4.78 is 0. The fraction of sp³-hybridized carbons (Fsp3) is 0. The zero-order chi connectivity index (χ0) is 5.11. The van der Waals surface area contributed by atoms with Crippen LogP contribution in [0.2, 0.25) is 0 Å². The molecule has 2 nitrogen and oxygen atoms in total. The van der Waals surface area contributed by atoms with Gasteiger partial charge >= 0.3 is 37.7 Å². The largest absolute Gasteiger partial charge is 2.00 e. The van der Waals surface area contributed by atoms with Crippen molar-refractivity contribution in [3.8, 4) is 5.75 Å². The molecule has 0 fully saturated rings. The van der Waals surface area contributed by atoms with Crippen molar-refractivity contribution in [3.63, 3.8) is 0 Å². The molecule has 44 valence electrons. The van der Waals surface area contributed by atoms with Crippen LogP contribution in [0.4, 0.5) is 0 Å². The van der Waals surface area contributed by atoms with Gasteiger partial charge < -0.3 is 10.6 Å². The van der Waals surface area contributed by atoms with Crippen LogP contribution in [0.25, 0.3) is 0 Å². The quantitative estimate of drug-likeness (QED) is 0.496. The summed E-state index contributed by atoms with van der Waals surface area (Å²) in [5, 5.41) is 10.3. The molecule has 0 spiro atoms. The summed E-state index contributed by atoms with van der Waals surface area (Å²) in [4.78, 5) is 0. The molecule has 1 aromatic rings. The molecule has 9 heavy (non-hydrogen) atoms. The number of para-hydroxylation sites is 1. The molecule has 0 aliphatic carbocycles. The Hall–Kier alpha value is 0.240. The van der Waals surface area contributed by atoms with Crippen molar-refractivity contribution in [3.05, 3.63) is 30.3 Å². The van der Waals surface area contributed by atoms with Gasteiger partial charge in [-0.2, -0.15) is 0 Å². The molecular formula is C6H6CaO2. The Bertz CT molecular complexity index is 141. The second kappa shape index (κ2) is 6.36. The second-order valence-corrected chi connectivity index (χ2v) is 1.31. The molecule has 0 unspecified atom stereocenters. The maximum absolute atomic E-state index is 10.3. The first kappa shape index (κ1) is 12.0. The smallest absolute Gasteiger partial charge is 0.872 e. The Balaban J connectivity index is 0. The molecule has 0 atom stereocenters. The molecule has 1 aromatic carbocycles. The molecule has 0 aliphatic rings. The molecule has 0 radical (unpaired) electrons. The minimum Gasteiger partial charge on any atom is -0.872 e. The van der Waals surface area contributed by atoms with Crippen molar-refractivity contribution < 1.29 is 10.6 Å². The molecule has 0 aliphatic heterocycles.